The van der Waals surface area contributed by atoms with E-state index in [1.165, 1.54) is 7.11 Å². The van der Waals surface area contributed by atoms with Crippen LogP contribution in [0.15, 0.2) is 24.3 Å². The lowest BCUT2D eigenvalue weighted by Gasteiger charge is -2.18. The molecule has 1 aliphatic rings. The Morgan fingerprint density at radius 1 is 1.48 bits per heavy atom. The topological polar surface area (TPSA) is 84.7 Å². The Hall–Kier alpha value is -1.34. The molecule has 6 nitrogen and oxygen atoms in total. The molecule has 1 aromatic rings. The van der Waals surface area contributed by atoms with Crippen molar-refractivity contribution in [2.75, 3.05) is 25.1 Å². The molecule has 8 heteroatoms. The number of nitrogens with zero attached hydrogens (tertiary/aromatic N) is 1. The van der Waals surface area contributed by atoms with E-state index < -0.39 is 6.04 Å². The zero-order valence-corrected chi connectivity index (χ0v) is 14.4. The van der Waals surface area contributed by atoms with E-state index >= 15 is 0 Å². The highest BCUT2D eigenvalue weighted by Crippen LogP contribution is 2.23. The van der Waals surface area contributed by atoms with Gasteiger partial charge < -0.3 is 20.7 Å². The van der Waals surface area contributed by atoms with Crippen molar-refractivity contribution in [2.24, 2.45) is 5.73 Å². The molecule has 3 N–H and O–H groups in total. The first-order valence-corrected chi connectivity index (χ1v) is 7.52. The van der Waals surface area contributed by atoms with Crippen LogP contribution in [0.4, 0.5) is 5.69 Å². The molecular formula is C15H21Cl2N3O3. The molecule has 23 heavy (non-hydrogen) atoms. The van der Waals surface area contributed by atoms with E-state index in [0.29, 0.717) is 18.0 Å². The van der Waals surface area contributed by atoms with Crippen LogP contribution in [0.3, 0.4) is 0 Å². The predicted octanol–water partition coefficient (Wildman–Crippen LogP) is 1.35. The van der Waals surface area contributed by atoms with Crippen molar-refractivity contribution in [2.45, 2.75) is 25.0 Å². The Morgan fingerprint density at radius 3 is 2.70 bits per heavy atom. The Balaban J connectivity index is 0.00000264. The minimum absolute atomic E-state index is 0. The number of carbonyl (C=O) groups is 2. The van der Waals surface area contributed by atoms with Crippen LogP contribution in [-0.4, -0.2) is 44.2 Å². The number of ether oxygens (including phenoxy) is 1. The minimum atomic E-state index is -0.501. The molecular weight excluding hydrogens is 341 g/mol. The number of hydrogen-bond acceptors (Lipinski definition) is 4. The number of benzene rings is 1. The van der Waals surface area contributed by atoms with Crippen LogP contribution in [0.5, 0.6) is 0 Å². The largest absolute Gasteiger partial charge is 0.380 e. The van der Waals surface area contributed by atoms with Gasteiger partial charge in [0.25, 0.3) is 0 Å². The maximum Gasteiger partial charge on any atom is 0.249 e. The van der Waals surface area contributed by atoms with Gasteiger partial charge in [0.15, 0.2) is 0 Å². The lowest BCUT2D eigenvalue weighted by molar-refractivity contribution is -0.128. The first-order valence-electron chi connectivity index (χ1n) is 7.14. The normalized spacial score (nSPS) is 18.5. The average molecular weight is 362 g/mol. The van der Waals surface area contributed by atoms with Gasteiger partial charge in [-0.2, -0.15) is 0 Å². The van der Waals surface area contributed by atoms with Gasteiger partial charge in [-0.3, -0.25) is 9.59 Å². The highest BCUT2D eigenvalue weighted by Gasteiger charge is 2.33. The number of anilines is 1. The van der Waals surface area contributed by atoms with Crippen molar-refractivity contribution in [1.82, 2.24) is 5.32 Å². The van der Waals surface area contributed by atoms with Crippen LogP contribution in [0.2, 0.25) is 5.02 Å². The van der Waals surface area contributed by atoms with Gasteiger partial charge in [0.1, 0.15) is 6.04 Å². The summed E-state index contributed by atoms with van der Waals surface area (Å²) in [5.41, 5.74) is 6.27. The molecule has 128 valence electrons. The van der Waals surface area contributed by atoms with Gasteiger partial charge in [0.05, 0.1) is 12.5 Å². The molecule has 2 unspecified atom stereocenters. The Morgan fingerprint density at radius 2 is 2.13 bits per heavy atom. The maximum absolute atomic E-state index is 12.4. The summed E-state index contributed by atoms with van der Waals surface area (Å²) in [7, 11) is 1.51. The van der Waals surface area contributed by atoms with Crippen molar-refractivity contribution < 1.29 is 14.3 Å². The number of methoxy groups -OCH3 is 1. The number of rotatable bonds is 6. The standard InChI is InChI=1S/C15H20ClN3O3.ClH/c1-22-12(9-17)8-14(20)18-13-6-7-19(15(13)21)11-4-2-10(16)3-5-11;/h2-5,12-13H,6-9,17H2,1H3,(H,18,20);1H. The Bertz CT molecular complexity index is 535. The summed E-state index contributed by atoms with van der Waals surface area (Å²) in [6.45, 7) is 0.829. The summed E-state index contributed by atoms with van der Waals surface area (Å²) < 4.78 is 5.07. The lowest BCUT2D eigenvalue weighted by atomic mass is 10.2. The second-order valence-electron chi connectivity index (χ2n) is 5.17. The van der Waals surface area contributed by atoms with Crippen LogP contribution in [0.25, 0.3) is 0 Å². The maximum atomic E-state index is 12.4. The Labute approximate surface area is 146 Å². The molecule has 0 aromatic heterocycles. The molecule has 1 aliphatic heterocycles. The van der Waals surface area contributed by atoms with Crippen molar-refractivity contribution in [3.05, 3.63) is 29.3 Å². The van der Waals surface area contributed by atoms with Gasteiger partial charge in [0.2, 0.25) is 11.8 Å². The van der Waals surface area contributed by atoms with E-state index in [4.69, 9.17) is 22.1 Å². The van der Waals surface area contributed by atoms with E-state index in [2.05, 4.69) is 5.32 Å². The van der Waals surface area contributed by atoms with Gasteiger partial charge in [-0.05, 0) is 30.7 Å². The lowest BCUT2D eigenvalue weighted by Crippen LogP contribution is -2.43. The Kier molecular flexibility index (Phi) is 7.78. The molecule has 2 amide bonds. The fourth-order valence-corrected chi connectivity index (χ4v) is 2.54. The molecule has 2 rings (SSSR count). The van der Waals surface area contributed by atoms with Crippen molar-refractivity contribution in [1.29, 1.82) is 0 Å². The third-order valence-electron chi connectivity index (χ3n) is 3.69. The fourth-order valence-electron chi connectivity index (χ4n) is 2.41. The monoisotopic (exact) mass is 361 g/mol. The predicted molar refractivity (Wildman–Crippen MR) is 92.1 cm³/mol. The second-order valence-corrected chi connectivity index (χ2v) is 5.61. The summed E-state index contributed by atoms with van der Waals surface area (Å²) in [5.74, 6) is -0.342. The van der Waals surface area contributed by atoms with E-state index in [1.807, 2.05) is 0 Å². The molecule has 0 radical (unpaired) electrons. The number of halogens is 2. The molecule has 1 fully saturated rings. The number of nitrogens with one attached hydrogen (secondary N) is 1. The second kappa shape index (κ2) is 9.08. The van der Waals surface area contributed by atoms with Crippen LogP contribution in [-0.2, 0) is 14.3 Å². The summed E-state index contributed by atoms with van der Waals surface area (Å²) in [4.78, 5) is 26.0. The van der Waals surface area contributed by atoms with E-state index in [0.717, 1.165) is 5.69 Å². The molecule has 1 saturated heterocycles. The van der Waals surface area contributed by atoms with Gasteiger partial charge in [-0.1, -0.05) is 11.6 Å². The van der Waals surface area contributed by atoms with E-state index in [1.54, 1.807) is 29.2 Å². The quantitative estimate of drug-likeness (QED) is 0.800. The fraction of sp³-hybridized carbons (Fsp3) is 0.467. The average Bonchev–Trinajstić information content (AvgIpc) is 2.87. The molecule has 2 atom stereocenters. The number of hydrogen-bond donors (Lipinski definition) is 2. The van der Waals surface area contributed by atoms with Crippen molar-refractivity contribution in [3.63, 3.8) is 0 Å². The van der Waals surface area contributed by atoms with Crippen LogP contribution in [0, 0.1) is 0 Å². The van der Waals surface area contributed by atoms with Crippen LogP contribution >= 0.6 is 24.0 Å². The highest BCUT2D eigenvalue weighted by atomic mass is 35.5. The third-order valence-corrected chi connectivity index (χ3v) is 3.94. The van der Waals surface area contributed by atoms with Crippen molar-refractivity contribution >= 4 is 41.5 Å². The first kappa shape index (κ1) is 19.7. The molecule has 0 spiro atoms. The first-order chi connectivity index (χ1) is 10.5. The molecule has 1 aromatic carbocycles. The number of carbonyl (C=O) groups excluding carboxylic acids is 2. The van der Waals surface area contributed by atoms with Gasteiger partial charge >= 0.3 is 0 Å². The van der Waals surface area contributed by atoms with Gasteiger partial charge in [-0.15, -0.1) is 12.4 Å². The van der Waals surface area contributed by atoms with E-state index in [9.17, 15) is 9.59 Å². The summed E-state index contributed by atoms with van der Waals surface area (Å²) in [6.07, 6.45) is 0.398. The van der Waals surface area contributed by atoms with Crippen LogP contribution < -0.4 is 16.0 Å². The summed E-state index contributed by atoms with van der Waals surface area (Å²) in [5, 5.41) is 3.37. The zero-order valence-electron chi connectivity index (χ0n) is 12.8. The smallest absolute Gasteiger partial charge is 0.249 e. The van der Waals surface area contributed by atoms with E-state index in [-0.39, 0.29) is 43.3 Å². The molecule has 0 saturated carbocycles. The molecule has 1 heterocycles. The number of amides is 2. The van der Waals surface area contributed by atoms with Crippen LogP contribution in [0.1, 0.15) is 12.8 Å². The third kappa shape index (κ3) is 5.07. The highest BCUT2D eigenvalue weighted by molar-refractivity contribution is 6.30. The van der Waals surface area contributed by atoms with Crippen molar-refractivity contribution in [3.8, 4) is 0 Å². The molecule has 0 bridgehead atoms. The summed E-state index contributed by atoms with van der Waals surface area (Å²) in [6, 6.07) is 6.55. The minimum Gasteiger partial charge on any atom is -0.380 e. The SMILES string of the molecule is COC(CN)CC(=O)NC1CCN(c2ccc(Cl)cc2)C1=O.Cl. The van der Waals surface area contributed by atoms with Gasteiger partial charge in [0, 0.05) is 30.9 Å². The summed E-state index contributed by atoms with van der Waals surface area (Å²) >= 11 is 5.85. The number of nitrogens with two attached hydrogens (primary N) is 1. The molecule has 0 aliphatic carbocycles. The van der Waals surface area contributed by atoms with Gasteiger partial charge in [-0.25, -0.2) is 0 Å². The zero-order chi connectivity index (χ0) is 16.1.